The lowest BCUT2D eigenvalue weighted by atomic mass is 10.2. The number of guanidine groups is 1. The van der Waals surface area contributed by atoms with E-state index in [1.807, 2.05) is 0 Å². The van der Waals surface area contributed by atoms with E-state index in [0.29, 0.717) is 6.54 Å². The Balaban J connectivity index is 1.52. The lowest BCUT2D eigenvalue weighted by Gasteiger charge is -2.26. The highest BCUT2D eigenvalue weighted by molar-refractivity contribution is 7.09. The number of ether oxygens (including phenoxy) is 1. The molecule has 2 N–H and O–H groups in total. The van der Waals surface area contributed by atoms with Crippen molar-refractivity contribution in [3.63, 3.8) is 0 Å². The molecule has 156 valence electrons. The summed E-state index contributed by atoms with van der Waals surface area (Å²) in [7, 11) is 0. The molecule has 0 amide bonds. The van der Waals surface area contributed by atoms with Gasteiger partial charge in [-0.05, 0) is 23.4 Å². The first-order valence-corrected chi connectivity index (χ1v) is 10.7. The van der Waals surface area contributed by atoms with Gasteiger partial charge in [0.25, 0.3) is 5.69 Å². The Morgan fingerprint density at radius 1 is 1.17 bits per heavy atom. The van der Waals surface area contributed by atoms with Gasteiger partial charge >= 0.3 is 0 Å². The van der Waals surface area contributed by atoms with Crippen molar-refractivity contribution < 1.29 is 9.66 Å². The molecule has 0 radical (unpaired) electrons. The molecule has 3 rings (SSSR count). The maximum absolute atomic E-state index is 10.8. The van der Waals surface area contributed by atoms with Crippen LogP contribution in [-0.2, 0) is 17.7 Å². The van der Waals surface area contributed by atoms with Gasteiger partial charge in [0.1, 0.15) is 0 Å². The summed E-state index contributed by atoms with van der Waals surface area (Å²) < 4.78 is 5.39. The minimum absolute atomic E-state index is 0.0932. The second-order valence-electron chi connectivity index (χ2n) is 6.73. The molecule has 0 aliphatic carbocycles. The normalized spacial score (nSPS) is 15.2. The molecule has 2 heterocycles. The fourth-order valence-electron chi connectivity index (χ4n) is 2.98. The molecule has 9 heteroatoms. The van der Waals surface area contributed by atoms with E-state index in [2.05, 4.69) is 38.0 Å². The first-order chi connectivity index (χ1) is 14.2. The number of thiophene rings is 1. The summed E-state index contributed by atoms with van der Waals surface area (Å²) in [6.07, 6.45) is 0.944. The highest BCUT2D eigenvalue weighted by Crippen LogP contribution is 2.12. The molecule has 1 aliphatic rings. The molecule has 0 bridgehead atoms. The molecule has 0 saturated carbocycles. The van der Waals surface area contributed by atoms with Crippen LogP contribution in [0.25, 0.3) is 0 Å². The van der Waals surface area contributed by atoms with Gasteiger partial charge in [0.15, 0.2) is 5.96 Å². The summed E-state index contributed by atoms with van der Waals surface area (Å²) in [6, 6.07) is 10.7. The van der Waals surface area contributed by atoms with Gasteiger partial charge in [-0.25, -0.2) is 4.99 Å². The highest BCUT2D eigenvalue weighted by Gasteiger charge is 2.10. The van der Waals surface area contributed by atoms with E-state index in [-0.39, 0.29) is 5.69 Å². The summed E-state index contributed by atoms with van der Waals surface area (Å²) >= 11 is 1.75. The van der Waals surface area contributed by atoms with Crippen molar-refractivity contribution >= 4 is 23.0 Å². The van der Waals surface area contributed by atoms with E-state index in [9.17, 15) is 10.1 Å². The molecule has 1 fully saturated rings. The van der Waals surface area contributed by atoms with Gasteiger partial charge in [-0.1, -0.05) is 18.2 Å². The van der Waals surface area contributed by atoms with Crippen LogP contribution in [0.2, 0.25) is 0 Å². The topological polar surface area (TPSA) is 92.0 Å². The average Bonchev–Trinajstić information content (AvgIpc) is 3.26. The summed E-state index contributed by atoms with van der Waals surface area (Å²) in [4.78, 5) is 18.8. The van der Waals surface area contributed by atoms with Crippen molar-refractivity contribution in [2.75, 3.05) is 45.9 Å². The number of hydrogen-bond acceptors (Lipinski definition) is 6. The molecule has 1 aromatic heterocycles. The van der Waals surface area contributed by atoms with Crippen LogP contribution in [0.3, 0.4) is 0 Å². The van der Waals surface area contributed by atoms with Crippen molar-refractivity contribution in [3.05, 3.63) is 62.3 Å². The lowest BCUT2D eigenvalue weighted by Crippen LogP contribution is -2.44. The Morgan fingerprint density at radius 3 is 2.62 bits per heavy atom. The fourth-order valence-corrected chi connectivity index (χ4v) is 3.69. The Hall–Kier alpha value is -2.49. The minimum atomic E-state index is -0.391. The van der Waals surface area contributed by atoms with E-state index in [0.717, 1.165) is 63.9 Å². The van der Waals surface area contributed by atoms with Gasteiger partial charge in [0.05, 0.1) is 24.7 Å². The SMILES string of the molecule is O=[N+]([O-])c1ccc(CN=C(NCCc2cccs2)NCCN2CCOCC2)cc1. The third-order valence-electron chi connectivity index (χ3n) is 4.64. The van der Waals surface area contributed by atoms with Gasteiger partial charge in [0.2, 0.25) is 0 Å². The molecule has 1 saturated heterocycles. The summed E-state index contributed by atoms with van der Waals surface area (Å²) in [6.45, 7) is 6.50. The van der Waals surface area contributed by atoms with Crippen molar-refractivity contribution in [2.45, 2.75) is 13.0 Å². The van der Waals surface area contributed by atoms with Gasteiger partial charge in [0, 0.05) is 49.7 Å². The van der Waals surface area contributed by atoms with Crippen molar-refractivity contribution in [1.29, 1.82) is 0 Å². The highest BCUT2D eigenvalue weighted by atomic mass is 32.1. The Labute approximate surface area is 174 Å². The summed E-state index contributed by atoms with van der Waals surface area (Å²) in [5, 5.41) is 19.7. The standard InChI is InChI=1S/C20H27N5O3S/c26-25(27)18-5-3-17(4-6-18)16-23-20(21-8-7-19-2-1-15-29-19)22-9-10-24-11-13-28-14-12-24/h1-6,15H,7-14,16H2,(H2,21,22,23). The van der Waals surface area contributed by atoms with E-state index in [4.69, 9.17) is 4.74 Å². The molecule has 1 aliphatic heterocycles. The molecule has 0 atom stereocenters. The third-order valence-corrected chi connectivity index (χ3v) is 5.57. The van der Waals surface area contributed by atoms with Gasteiger partial charge in [-0.3, -0.25) is 15.0 Å². The largest absolute Gasteiger partial charge is 0.379 e. The number of nitrogens with zero attached hydrogens (tertiary/aromatic N) is 3. The number of nitrogens with one attached hydrogen (secondary N) is 2. The van der Waals surface area contributed by atoms with Crippen LogP contribution < -0.4 is 10.6 Å². The predicted molar refractivity (Wildman–Crippen MR) is 116 cm³/mol. The zero-order chi connectivity index (χ0) is 20.3. The van der Waals surface area contributed by atoms with E-state index in [1.165, 1.54) is 17.0 Å². The van der Waals surface area contributed by atoms with Crippen molar-refractivity contribution in [1.82, 2.24) is 15.5 Å². The monoisotopic (exact) mass is 417 g/mol. The number of non-ortho nitro benzene ring substituents is 1. The smallest absolute Gasteiger partial charge is 0.269 e. The van der Waals surface area contributed by atoms with Crippen LogP contribution in [0.1, 0.15) is 10.4 Å². The molecule has 8 nitrogen and oxygen atoms in total. The molecule has 29 heavy (non-hydrogen) atoms. The predicted octanol–water partition coefficient (Wildman–Crippen LogP) is 2.27. The maximum atomic E-state index is 10.8. The number of hydrogen-bond donors (Lipinski definition) is 2. The molecule has 0 unspecified atom stereocenters. The quantitative estimate of drug-likeness (QED) is 0.281. The third kappa shape index (κ3) is 7.45. The van der Waals surface area contributed by atoms with Crippen LogP contribution in [0.4, 0.5) is 5.69 Å². The maximum Gasteiger partial charge on any atom is 0.269 e. The number of nitro groups is 1. The van der Waals surface area contributed by atoms with E-state index >= 15 is 0 Å². The zero-order valence-electron chi connectivity index (χ0n) is 16.4. The Kier molecular flexibility index (Phi) is 8.41. The van der Waals surface area contributed by atoms with Crippen LogP contribution in [0.15, 0.2) is 46.8 Å². The first-order valence-electron chi connectivity index (χ1n) is 9.79. The second-order valence-corrected chi connectivity index (χ2v) is 7.76. The Bertz CT molecular complexity index is 774. The van der Waals surface area contributed by atoms with Crippen LogP contribution in [0.5, 0.6) is 0 Å². The van der Waals surface area contributed by atoms with Gasteiger partial charge in [-0.15, -0.1) is 11.3 Å². The Morgan fingerprint density at radius 2 is 1.93 bits per heavy atom. The van der Waals surface area contributed by atoms with Crippen molar-refractivity contribution in [2.24, 2.45) is 4.99 Å². The summed E-state index contributed by atoms with van der Waals surface area (Å²) in [5.74, 6) is 0.758. The molecular formula is C20H27N5O3S. The number of aliphatic imine (C=N–C) groups is 1. The van der Waals surface area contributed by atoms with Crippen LogP contribution >= 0.6 is 11.3 Å². The zero-order valence-corrected chi connectivity index (χ0v) is 17.2. The van der Waals surface area contributed by atoms with Gasteiger partial charge in [-0.2, -0.15) is 0 Å². The van der Waals surface area contributed by atoms with E-state index in [1.54, 1.807) is 23.5 Å². The number of benzene rings is 1. The fraction of sp³-hybridized carbons (Fsp3) is 0.450. The molecular weight excluding hydrogens is 390 g/mol. The average molecular weight is 418 g/mol. The van der Waals surface area contributed by atoms with Crippen molar-refractivity contribution in [3.8, 4) is 0 Å². The van der Waals surface area contributed by atoms with E-state index < -0.39 is 4.92 Å². The summed E-state index contributed by atoms with van der Waals surface area (Å²) in [5.41, 5.74) is 1.03. The second kappa shape index (κ2) is 11.5. The number of morpholine rings is 1. The number of rotatable bonds is 9. The molecule has 0 spiro atoms. The van der Waals surface area contributed by atoms with Crippen LogP contribution in [0, 0.1) is 10.1 Å². The molecule has 1 aromatic carbocycles. The van der Waals surface area contributed by atoms with Gasteiger partial charge < -0.3 is 15.4 Å². The van der Waals surface area contributed by atoms with Crippen LogP contribution in [-0.4, -0.2) is 61.7 Å². The minimum Gasteiger partial charge on any atom is -0.379 e. The first kappa shape index (κ1) is 21.2. The number of nitro benzene ring substituents is 1. The molecule has 2 aromatic rings. The lowest BCUT2D eigenvalue weighted by molar-refractivity contribution is -0.384.